The molecule has 2 N–H and O–H groups in total. The maximum Gasteiger partial charge on any atom is 0.338 e. The van der Waals surface area contributed by atoms with Crippen LogP contribution >= 0.6 is 0 Å². The molecule has 3 aromatic heterocycles. The van der Waals surface area contributed by atoms with Gasteiger partial charge in [-0.05, 0) is 31.5 Å². The van der Waals surface area contributed by atoms with Crippen molar-refractivity contribution in [3.05, 3.63) is 59.0 Å². The zero-order valence-electron chi connectivity index (χ0n) is 15.2. The topological polar surface area (TPSA) is 119 Å². The fourth-order valence-corrected chi connectivity index (χ4v) is 2.99. The Labute approximate surface area is 161 Å². The van der Waals surface area contributed by atoms with Gasteiger partial charge in [-0.15, -0.1) is 0 Å². The SMILES string of the molecule is Cc1nn([C@@H](C)c2ccc(F)c(F)c2)c2c(O)nc(-n3cc(C(=O)O)cn3)nc12. The molecular formula is C18H14F2N6O3. The standard InChI is InChI=1S/C18H14F2N6O3/c1-8-14-15(26(24-8)9(2)10-3-4-12(19)13(20)5-10)16(27)23-18(22-14)25-7-11(6-21-25)17(28)29/h3-7,9H,1-2H3,(H,28,29)(H,22,23,27)/t9-/m0/s1. The average molecular weight is 400 g/mol. The highest BCUT2D eigenvalue weighted by atomic mass is 19.2. The number of carboxylic acids is 1. The number of rotatable bonds is 4. The second kappa shape index (κ2) is 6.62. The highest BCUT2D eigenvalue weighted by Crippen LogP contribution is 2.30. The molecule has 4 aromatic rings. The third kappa shape index (κ3) is 3.06. The first-order chi connectivity index (χ1) is 13.8. The van der Waals surface area contributed by atoms with E-state index >= 15 is 0 Å². The van der Waals surface area contributed by atoms with Crippen molar-refractivity contribution >= 4 is 17.0 Å². The van der Waals surface area contributed by atoms with Crippen molar-refractivity contribution in [3.8, 4) is 11.8 Å². The van der Waals surface area contributed by atoms with Gasteiger partial charge in [-0.25, -0.2) is 23.2 Å². The fraction of sp³-hybridized carbons (Fsp3) is 0.167. The van der Waals surface area contributed by atoms with Crippen molar-refractivity contribution < 1.29 is 23.8 Å². The molecule has 0 spiro atoms. The van der Waals surface area contributed by atoms with Crippen molar-refractivity contribution in [2.24, 2.45) is 0 Å². The summed E-state index contributed by atoms with van der Waals surface area (Å²) in [5, 5.41) is 27.8. The van der Waals surface area contributed by atoms with Crippen molar-refractivity contribution in [2.45, 2.75) is 19.9 Å². The van der Waals surface area contributed by atoms with E-state index in [1.54, 1.807) is 13.8 Å². The molecule has 0 radical (unpaired) electrons. The van der Waals surface area contributed by atoms with Gasteiger partial charge in [-0.1, -0.05) is 6.07 Å². The summed E-state index contributed by atoms with van der Waals surface area (Å²) in [5.41, 5.74) is 1.35. The van der Waals surface area contributed by atoms with Gasteiger partial charge in [0.05, 0.1) is 23.5 Å². The first kappa shape index (κ1) is 18.5. The number of carboxylic acid groups (broad SMARTS) is 1. The quantitative estimate of drug-likeness (QED) is 0.540. The molecule has 0 amide bonds. The first-order valence-electron chi connectivity index (χ1n) is 8.45. The molecule has 0 bridgehead atoms. The second-order valence-electron chi connectivity index (χ2n) is 6.40. The van der Waals surface area contributed by atoms with Crippen LogP contribution in [0.3, 0.4) is 0 Å². The van der Waals surface area contributed by atoms with Crippen LogP contribution in [0.15, 0.2) is 30.6 Å². The molecule has 29 heavy (non-hydrogen) atoms. The molecule has 0 saturated heterocycles. The van der Waals surface area contributed by atoms with Crippen molar-refractivity contribution in [3.63, 3.8) is 0 Å². The second-order valence-corrected chi connectivity index (χ2v) is 6.40. The molecular weight excluding hydrogens is 386 g/mol. The number of nitrogens with zero attached hydrogens (tertiary/aromatic N) is 6. The van der Waals surface area contributed by atoms with Gasteiger partial charge in [0.25, 0.3) is 5.95 Å². The van der Waals surface area contributed by atoms with Crippen LogP contribution in [0.5, 0.6) is 5.88 Å². The molecule has 0 aliphatic heterocycles. The fourth-order valence-electron chi connectivity index (χ4n) is 2.99. The zero-order chi connectivity index (χ0) is 20.9. The third-order valence-corrected chi connectivity index (χ3v) is 4.51. The Kier molecular flexibility index (Phi) is 4.22. The Bertz CT molecular complexity index is 1270. The molecule has 3 heterocycles. The summed E-state index contributed by atoms with van der Waals surface area (Å²) in [5.74, 6) is -3.56. The number of aromatic carboxylic acids is 1. The minimum Gasteiger partial charge on any atom is -0.492 e. The number of carbonyl (C=O) groups is 1. The number of hydrogen-bond donors (Lipinski definition) is 2. The summed E-state index contributed by atoms with van der Waals surface area (Å²) in [6.45, 7) is 3.37. The van der Waals surface area contributed by atoms with Gasteiger partial charge in [0.15, 0.2) is 11.6 Å². The summed E-state index contributed by atoms with van der Waals surface area (Å²) in [6.07, 6.45) is 2.35. The summed E-state index contributed by atoms with van der Waals surface area (Å²) in [4.78, 5) is 19.3. The molecule has 1 atom stereocenters. The first-order valence-corrected chi connectivity index (χ1v) is 8.45. The summed E-state index contributed by atoms with van der Waals surface area (Å²) >= 11 is 0. The van der Waals surface area contributed by atoms with E-state index < -0.39 is 29.5 Å². The Balaban J connectivity index is 1.83. The molecule has 148 valence electrons. The van der Waals surface area contributed by atoms with E-state index in [0.717, 1.165) is 23.0 Å². The molecule has 0 unspecified atom stereocenters. The number of hydrogen-bond acceptors (Lipinski definition) is 6. The molecule has 9 nitrogen and oxygen atoms in total. The molecule has 0 fully saturated rings. The monoisotopic (exact) mass is 400 g/mol. The maximum absolute atomic E-state index is 13.6. The van der Waals surface area contributed by atoms with Gasteiger partial charge < -0.3 is 10.2 Å². The van der Waals surface area contributed by atoms with Gasteiger partial charge >= 0.3 is 5.97 Å². The van der Waals surface area contributed by atoms with Crippen molar-refractivity contribution in [1.82, 2.24) is 29.5 Å². The van der Waals surface area contributed by atoms with E-state index in [4.69, 9.17) is 5.11 Å². The molecule has 1 aromatic carbocycles. The summed E-state index contributed by atoms with van der Waals surface area (Å²) in [7, 11) is 0. The van der Waals surface area contributed by atoms with E-state index in [1.807, 2.05) is 0 Å². The predicted molar refractivity (Wildman–Crippen MR) is 96.0 cm³/mol. The smallest absolute Gasteiger partial charge is 0.338 e. The van der Waals surface area contributed by atoms with Crippen LogP contribution in [-0.4, -0.2) is 45.7 Å². The molecule has 11 heteroatoms. The van der Waals surface area contributed by atoms with Crippen LogP contribution in [0.25, 0.3) is 17.0 Å². The minimum absolute atomic E-state index is 0.0365. The lowest BCUT2D eigenvalue weighted by atomic mass is 10.1. The lowest BCUT2D eigenvalue weighted by Crippen LogP contribution is -2.10. The van der Waals surface area contributed by atoms with Crippen LogP contribution in [0.1, 0.15) is 34.6 Å². The Hall–Kier alpha value is -3.89. The highest BCUT2D eigenvalue weighted by Gasteiger charge is 2.22. The van der Waals surface area contributed by atoms with E-state index in [1.165, 1.54) is 16.9 Å². The minimum atomic E-state index is -1.16. The number of fused-ring (bicyclic) bond motifs is 1. The molecule has 4 rings (SSSR count). The van der Waals surface area contributed by atoms with Gasteiger partial charge in [0.1, 0.15) is 11.0 Å². The van der Waals surface area contributed by atoms with E-state index in [-0.39, 0.29) is 17.0 Å². The van der Waals surface area contributed by atoms with Crippen molar-refractivity contribution in [1.29, 1.82) is 0 Å². The van der Waals surface area contributed by atoms with Crippen LogP contribution in [0, 0.1) is 18.6 Å². The number of halogens is 2. The summed E-state index contributed by atoms with van der Waals surface area (Å²) < 4.78 is 29.4. The number of aromatic nitrogens is 6. The molecule has 0 aliphatic carbocycles. The molecule has 0 saturated carbocycles. The Morgan fingerprint density at radius 1 is 1.21 bits per heavy atom. The van der Waals surface area contributed by atoms with Crippen LogP contribution in [0.4, 0.5) is 8.78 Å². The number of benzene rings is 1. The van der Waals surface area contributed by atoms with Crippen LogP contribution in [0.2, 0.25) is 0 Å². The van der Waals surface area contributed by atoms with Gasteiger partial charge in [0, 0.05) is 6.20 Å². The predicted octanol–water partition coefficient (Wildman–Crippen LogP) is 2.61. The van der Waals surface area contributed by atoms with Crippen LogP contribution in [-0.2, 0) is 0 Å². The number of aryl methyl sites for hydroxylation is 1. The Morgan fingerprint density at radius 3 is 2.62 bits per heavy atom. The van der Waals surface area contributed by atoms with Crippen molar-refractivity contribution in [2.75, 3.05) is 0 Å². The number of aromatic hydroxyl groups is 1. The van der Waals surface area contributed by atoms with Crippen LogP contribution < -0.4 is 0 Å². The average Bonchev–Trinajstić information content (AvgIpc) is 3.29. The van der Waals surface area contributed by atoms with Gasteiger partial charge in [0.2, 0.25) is 5.88 Å². The van der Waals surface area contributed by atoms with Gasteiger partial charge in [-0.2, -0.15) is 15.2 Å². The zero-order valence-corrected chi connectivity index (χ0v) is 15.2. The summed E-state index contributed by atoms with van der Waals surface area (Å²) in [6, 6.07) is 2.96. The maximum atomic E-state index is 13.6. The van der Waals surface area contributed by atoms with E-state index in [9.17, 15) is 18.7 Å². The normalized spacial score (nSPS) is 12.4. The van der Waals surface area contributed by atoms with Gasteiger partial charge in [-0.3, -0.25) is 4.68 Å². The Morgan fingerprint density at radius 2 is 1.97 bits per heavy atom. The lowest BCUT2D eigenvalue weighted by Gasteiger charge is -2.14. The largest absolute Gasteiger partial charge is 0.492 e. The molecule has 0 aliphatic rings. The van der Waals surface area contributed by atoms with E-state index in [2.05, 4.69) is 20.2 Å². The third-order valence-electron chi connectivity index (χ3n) is 4.51. The van der Waals surface area contributed by atoms with E-state index in [0.29, 0.717) is 16.8 Å². The highest BCUT2D eigenvalue weighted by molar-refractivity contribution is 5.87. The lowest BCUT2D eigenvalue weighted by molar-refractivity contribution is 0.0697.